The third-order valence-electron chi connectivity index (χ3n) is 2.24. The summed E-state index contributed by atoms with van der Waals surface area (Å²) in [5.41, 5.74) is 0.415. The molecule has 1 heterocycles. The van der Waals surface area contributed by atoms with Gasteiger partial charge in [0.15, 0.2) is 0 Å². The van der Waals surface area contributed by atoms with Crippen molar-refractivity contribution in [2.45, 2.75) is 0 Å². The summed E-state index contributed by atoms with van der Waals surface area (Å²) in [7, 11) is 0. The number of benzene rings is 1. The standard InChI is InChI=1S/C13H8F2O2S/c14-10-4-2-1-3-9(10)12-6-5-8(18-12)7-11(15)13(16)17/h1-7H,(H,16,17). The summed E-state index contributed by atoms with van der Waals surface area (Å²) < 4.78 is 26.4. The first-order chi connectivity index (χ1) is 8.58. The number of halogens is 2. The predicted octanol–water partition coefficient (Wildman–Crippen LogP) is 3.95. The molecule has 1 aromatic carbocycles. The lowest BCUT2D eigenvalue weighted by Gasteiger charge is -1.97. The van der Waals surface area contributed by atoms with Crippen molar-refractivity contribution in [3.8, 4) is 10.4 Å². The van der Waals surface area contributed by atoms with Crippen LogP contribution in [-0.4, -0.2) is 11.1 Å². The van der Waals surface area contributed by atoms with Gasteiger partial charge in [-0.3, -0.25) is 0 Å². The fourth-order valence-corrected chi connectivity index (χ4v) is 2.39. The molecule has 0 bridgehead atoms. The SMILES string of the molecule is O=C(O)C(F)=Cc1ccc(-c2ccccc2F)s1. The topological polar surface area (TPSA) is 37.3 Å². The van der Waals surface area contributed by atoms with Crippen LogP contribution in [0, 0.1) is 5.82 Å². The predicted molar refractivity (Wildman–Crippen MR) is 66.4 cm³/mol. The van der Waals surface area contributed by atoms with Crippen molar-refractivity contribution in [3.63, 3.8) is 0 Å². The van der Waals surface area contributed by atoms with E-state index in [0.29, 0.717) is 15.3 Å². The van der Waals surface area contributed by atoms with Gasteiger partial charge in [-0.25, -0.2) is 9.18 Å². The fraction of sp³-hybridized carbons (Fsp3) is 0. The van der Waals surface area contributed by atoms with Crippen molar-refractivity contribution in [3.05, 3.63) is 52.9 Å². The first kappa shape index (κ1) is 12.4. The van der Waals surface area contributed by atoms with Gasteiger partial charge in [0.05, 0.1) is 0 Å². The van der Waals surface area contributed by atoms with Crippen molar-refractivity contribution in [1.29, 1.82) is 0 Å². The highest BCUT2D eigenvalue weighted by atomic mass is 32.1. The van der Waals surface area contributed by atoms with Crippen LogP contribution in [0.5, 0.6) is 0 Å². The van der Waals surface area contributed by atoms with Crippen LogP contribution in [0.1, 0.15) is 4.88 Å². The molecule has 2 rings (SSSR count). The third-order valence-corrected chi connectivity index (χ3v) is 3.30. The smallest absolute Gasteiger partial charge is 0.364 e. The normalized spacial score (nSPS) is 11.6. The second-order valence-electron chi connectivity index (χ2n) is 3.48. The molecule has 0 saturated carbocycles. The van der Waals surface area contributed by atoms with E-state index in [4.69, 9.17) is 5.11 Å². The highest BCUT2D eigenvalue weighted by Gasteiger charge is 2.09. The maximum absolute atomic E-state index is 13.5. The Morgan fingerprint density at radius 3 is 2.61 bits per heavy atom. The Bertz CT molecular complexity index is 617. The van der Waals surface area contributed by atoms with Crippen molar-refractivity contribution in [2.75, 3.05) is 0 Å². The fourth-order valence-electron chi connectivity index (χ4n) is 1.42. The van der Waals surface area contributed by atoms with Crippen molar-refractivity contribution < 1.29 is 18.7 Å². The van der Waals surface area contributed by atoms with E-state index in [1.165, 1.54) is 6.07 Å². The molecule has 2 aromatic rings. The van der Waals surface area contributed by atoms with Crippen molar-refractivity contribution >= 4 is 23.4 Å². The molecule has 1 N–H and O–H groups in total. The molecule has 0 aliphatic heterocycles. The van der Waals surface area contributed by atoms with Gasteiger partial charge in [0.2, 0.25) is 5.83 Å². The van der Waals surface area contributed by atoms with E-state index in [1.807, 2.05) is 0 Å². The summed E-state index contributed by atoms with van der Waals surface area (Å²) in [4.78, 5) is 11.4. The Hall–Kier alpha value is -2.01. The molecule has 2 nitrogen and oxygen atoms in total. The van der Waals surface area contributed by atoms with E-state index in [0.717, 1.165) is 17.4 Å². The van der Waals surface area contributed by atoms with E-state index >= 15 is 0 Å². The second-order valence-corrected chi connectivity index (χ2v) is 4.59. The monoisotopic (exact) mass is 266 g/mol. The van der Waals surface area contributed by atoms with Crippen LogP contribution >= 0.6 is 11.3 Å². The molecule has 0 radical (unpaired) electrons. The Balaban J connectivity index is 2.35. The number of thiophene rings is 1. The van der Waals surface area contributed by atoms with Gasteiger partial charge in [0.25, 0.3) is 0 Å². The van der Waals surface area contributed by atoms with E-state index in [1.54, 1.807) is 30.3 Å². The maximum atomic E-state index is 13.5. The highest BCUT2D eigenvalue weighted by Crippen LogP contribution is 2.31. The molecule has 0 aliphatic carbocycles. The Morgan fingerprint density at radius 2 is 1.94 bits per heavy atom. The Kier molecular flexibility index (Phi) is 3.53. The van der Waals surface area contributed by atoms with Gasteiger partial charge in [-0.2, -0.15) is 4.39 Å². The van der Waals surface area contributed by atoms with Crippen LogP contribution in [0.25, 0.3) is 16.5 Å². The number of hydrogen-bond acceptors (Lipinski definition) is 2. The highest BCUT2D eigenvalue weighted by molar-refractivity contribution is 7.16. The maximum Gasteiger partial charge on any atom is 0.364 e. The number of carboxylic acid groups (broad SMARTS) is 1. The summed E-state index contributed by atoms with van der Waals surface area (Å²) in [6, 6.07) is 9.41. The average Bonchev–Trinajstić information content (AvgIpc) is 2.77. The summed E-state index contributed by atoms with van der Waals surface area (Å²) >= 11 is 1.13. The molecule has 92 valence electrons. The molecule has 0 aliphatic rings. The van der Waals surface area contributed by atoms with Gasteiger partial charge >= 0.3 is 5.97 Å². The minimum atomic E-state index is -1.61. The summed E-state index contributed by atoms with van der Waals surface area (Å²) in [5.74, 6) is -3.22. The molecule has 0 amide bonds. The van der Waals surface area contributed by atoms with Gasteiger partial charge in [-0.15, -0.1) is 11.3 Å². The van der Waals surface area contributed by atoms with E-state index in [2.05, 4.69) is 0 Å². The zero-order valence-electron chi connectivity index (χ0n) is 9.06. The van der Waals surface area contributed by atoms with E-state index < -0.39 is 11.8 Å². The van der Waals surface area contributed by atoms with Gasteiger partial charge in [-0.1, -0.05) is 18.2 Å². The minimum absolute atomic E-state index is 0.367. The van der Waals surface area contributed by atoms with Gasteiger partial charge in [0, 0.05) is 15.3 Å². The Labute approximate surface area is 106 Å². The lowest BCUT2D eigenvalue weighted by Crippen LogP contribution is -1.93. The summed E-state index contributed by atoms with van der Waals surface area (Å²) in [5, 5.41) is 8.41. The van der Waals surface area contributed by atoms with Crippen molar-refractivity contribution in [2.24, 2.45) is 0 Å². The molecule has 0 saturated heterocycles. The first-order valence-corrected chi connectivity index (χ1v) is 5.85. The van der Waals surface area contributed by atoms with E-state index in [-0.39, 0.29) is 5.82 Å². The molecule has 18 heavy (non-hydrogen) atoms. The largest absolute Gasteiger partial charge is 0.476 e. The van der Waals surface area contributed by atoms with Crippen LogP contribution in [0.15, 0.2) is 42.2 Å². The van der Waals surface area contributed by atoms with Crippen LogP contribution in [0.3, 0.4) is 0 Å². The number of hydrogen-bond donors (Lipinski definition) is 1. The van der Waals surface area contributed by atoms with Crippen LogP contribution in [-0.2, 0) is 4.79 Å². The number of rotatable bonds is 3. The number of carbonyl (C=O) groups is 1. The quantitative estimate of drug-likeness (QED) is 0.854. The molecule has 0 atom stereocenters. The molecule has 0 spiro atoms. The molecule has 5 heteroatoms. The molecule has 0 unspecified atom stereocenters. The molecule has 0 fully saturated rings. The van der Waals surface area contributed by atoms with Gasteiger partial charge in [0.1, 0.15) is 5.82 Å². The molecule has 1 aromatic heterocycles. The zero-order valence-corrected chi connectivity index (χ0v) is 9.88. The van der Waals surface area contributed by atoms with Crippen molar-refractivity contribution in [1.82, 2.24) is 0 Å². The van der Waals surface area contributed by atoms with E-state index in [9.17, 15) is 13.6 Å². The van der Waals surface area contributed by atoms with Crippen LogP contribution in [0.2, 0.25) is 0 Å². The number of carboxylic acids is 1. The van der Waals surface area contributed by atoms with Crippen LogP contribution < -0.4 is 0 Å². The molecular weight excluding hydrogens is 258 g/mol. The summed E-state index contributed by atoms with van der Waals surface area (Å²) in [6.45, 7) is 0. The van der Waals surface area contributed by atoms with Gasteiger partial charge < -0.3 is 5.11 Å². The van der Waals surface area contributed by atoms with Gasteiger partial charge in [-0.05, 0) is 24.3 Å². The molecular formula is C13H8F2O2S. The third kappa shape index (κ3) is 2.62. The lowest BCUT2D eigenvalue weighted by molar-refractivity contribution is -0.134. The zero-order chi connectivity index (χ0) is 13.1. The Morgan fingerprint density at radius 1 is 1.22 bits per heavy atom. The average molecular weight is 266 g/mol. The lowest BCUT2D eigenvalue weighted by atomic mass is 10.2. The minimum Gasteiger partial charge on any atom is -0.476 e. The van der Waals surface area contributed by atoms with Crippen LogP contribution in [0.4, 0.5) is 8.78 Å². The second kappa shape index (κ2) is 5.10. The summed E-state index contributed by atoms with van der Waals surface area (Å²) in [6.07, 6.45) is 0.914. The number of aliphatic carboxylic acids is 1. The first-order valence-electron chi connectivity index (χ1n) is 5.03.